The summed E-state index contributed by atoms with van der Waals surface area (Å²) in [5.41, 5.74) is -0.0278. The lowest BCUT2D eigenvalue weighted by molar-refractivity contribution is 0.0796. The van der Waals surface area contributed by atoms with E-state index in [2.05, 4.69) is 17.6 Å². The number of hydrogen-bond donors (Lipinski definition) is 3. The van der Waals surface area contributed by atoms with Gasteiger partial charge in [0.2, 0.25) is 0 Å². The predicted molar refractivity (Wildman–Crippen MR) is 50.1 cm³/mol. The number of rotatable bonds is 3. The summed E-state index contributed by atoms with van der Waals surface area (Å²) in [4.78, 5) is 0. The highest BCUT2D eigenvalue weighted by Gasteiger charge is 2.37. The average molecular weight is 172 g/mol. The SMILES string of the molecule is CCC1CNCCC1(CO)NC. The van der Waals surface area contributed by atoms with E-state index in [0.717, 1.165) is 25.9 Å². The molecule has 1 heterocycles. The molecular weight excluding hydrogens is 152 g/mol. The molecule has 2 atom stereocenters. The molecule has 0 aromatic carbocycles. The van der Waals surface area contributed by atoms with Crippen LogP contribution in [0.3, 0.4) is 0 Å². The van der Waals surface area contributed by atoms with Crippen LogP contribution in [-0.2, 0) is 0 Å². The van der Waals surface area contributed by atoms with E-state index in [1.165, 1.54) is 0 Å². The summed E-state index contributed by atoms with van der Waals surface area (Å²) in [6.45, 7) is 4.47. The first kappa shape index (κ1) is 9.96. The van der Waals surface area contributed by atoms with Crippen LogP contribution in [0.15, 0.2) is 0 Å². The molecule has 0 aliphatic carbocycles. The molecule has 3 heteroatoms. The van der Waals surface area contributed by atoms with Crippen molar-refractivity contribution < 1.29 is 5.11 Å². The van der Waals surface area contributed by atoms with Crippen molar-refractivity contribution >= 4 is 0 Å². The summed E-state index contributed by atoms with van der Waals surface area (Å²) in [5, 5.41) is 16.0. The largest absolute Gasteiger partial charge is 0.394 e. The van der Waals surface area contributed by atoms with Crippen molar-refractivity contribution in [2.45, 2.75) is 25.3 Å². The van der Waals surface area contributed by atoms with Gasteiger partial charge in [0.1, 0.15) is 0 Å². The Morgan fingerprint density at radius 1 is 1.67 bits per heavy atom. The van der Waals surface area contributed by atoms with E-state index in [0.29, 0.717) is 5.92 Å². The van der Waals surface area contributed by atoms with Crippen LogP contribution in [0.1, 0.15) is 19.8 Å². The Balaban J connectivity index is 2.66. The predicted octanol–water partition coefficient (Wildman–Crippen LogP) is -0.0436. The number of hydrogen-bond acceptors (Lipinski definition) is 3. The monoisotopic (exact) mass is 172 g/mol. The Morgan fingerprint density at radius 2 is 2.42 bits per heavy atom. The molecule has 0 spiro atoms. The minimum absolute atomic E-state index is 0.0278. The molecule has 1 saturated heterocycles. The molecule has 12 heavy (non-hydrogen) atoms. The van der Waals surface area contributed by atoms with Gasteiger partial charge in [-0.25, -0.2) is 0 Å². The van der Waals surface area contributed by atoms with E-state index >= 15 is 0 Å². The van der Waals surface area contributed by atoms with Crippen LogP contribution < -0.4 is 10.6 Å². The highest BCUT2D eigenvalue weighted by molar-refractivity contribution is 4.96. The van der Waals surface area contributed by atoms with E-state index in [1.807, 2.05) is 7.05 Å². The van der Waals surface area contributed by atoms with Crippen LogP contribution >= 0.6 is 0 Å². The molecule has 72 valence electrons. The number of aliphatic hydroxyl groups excluding tert-OH is 1. The minimum atomic E-state index is -0.0278. The van der Waals surface area contributed by atoms with E-state index < -0.39 is 0 Å². The summed E-state index contributed by atoms with van der Waals surface area (Å²) in [7, 11) is 1.95. The third-order valence-electron chi connectivity index (χ3n) is 3.19. The van der Waals surface area contributed by atoms with Crippen LogP contribution in [0.4, 0.5) is 0 Å². The molecule has 1 aliphatic heterocycles. The van der Waals surface area contributed by atoms with E-state index in [1.54, 1.807) is 0 Å². The average Bonchev–Trinajstić information content (AvgIpc) is 2.17. The molecule has 0 saturated carbocycles. The van der Waals surface area contributed by atoms with Crippen LogP contribution in [0.2, 0.25) is 0 Å². The van der Waals surface area contributed by atoms with Gasteiger partial charge in [-0.2, -0.15) is 0 Å². The van der Waals surface area contributed by atoms with Crippen LogP contribution in [-0.4, -0.2) is 37.4 Å². The van der Waals surface area contributed by atoms with E-state index in [4.69, 9.17) is 0 Å². The fourth-order valence-corrected chi connectivity index (χ4v) is 2.14. The van der Waals surface area contributed by atoms with Crippen molar-refractivity contribution in [3.05, 3.63) is 0 Å². The molecule has 2 unspecified atom stereocenters. The van der Waals surface area contributed by atoms with Crippen LogP contribution in [0.25, 0.3) is 0 Å². The van der Waals surface area contributed by atoms with Gasteiger partial charge in [0.05, 0.1) is 6.61 Å². The van der Waals surface area contributed by atoms with Gasteiger partial charge in [0.15, 0.2) is 0 Å². The van der Waals surface area contributed by atoms with Crippen LogP contribution in [0, 0.1) is 5.92 Å². The summed E-state index contributed by atoms with van der Waals surface area (Å²) in [6, 6.07) is 0. The molecular formula is C9H20N2O. The topological polar surface area (TPSA) is 44.3 Å². The Kier molecular flexibility index (Phi) is 3.50. The zero-order valence-electron chi connectivity index (χ0n) is 8.06. The second kappa shape index (κ2) is 4.21. The molecule has 1 rings (SSSR count). The van der Waals surface area contributed by atoms with Gasteiger partial charge < -0.3 is 15.7 Å². The molecule has 1 aliphatic rings. The van der Waals surface area contributed by atoms with Crippen molar-refractivity contribution in [3.8, 4) is 0 Å². The van der Waals surface area contributed by atoms with Gasteiger partial charge in [0.25, 0.3) is 0 Å². The number of aliphatic hydroxyl groups is 1. The standard InChI is InChI=1S/C9H20N2O/c1-3-8-6-11-5-4-9(8,7-12)10-2/h8,10-12H,3-7H2,1-2H3. The van der Waals surface area contributed by atoms with Crippen molar-refractivity contribution in [3.63, 3.8) is 0 Å². The molecule has 0 aromatic rings. The Bertz CT molecular complexity index is 134. The van der Waals surface area contributed by atoms with Crippen LogP contribution in [0.5, 0.6) is 0 Å². The Labute approximate surface area is 74.5 Å². The quantitative estimate of drug-likeness (QED) is 0.559. The lowest BCUT2D eigenvalue weighted by Gasteiger charge is -2.43. The lowest BCUT2D eigenvalue weighted by atomic mass is 9.77. The van der Waals surface area contributed by atoms with Gasteiger partial charge in [-0.15, -0.1) is 0 Å². The molecule has 1 fully saturated rings. The van der Waals surface area contributed by atoms with Crippen molar-refractivity contribution in [2.24, 2.45) is 5.92 Å². The summed E-state index contributed by atoms with van der Waals surface area (Å²) < 4.78 is 0. The van der Waals surface area contributed by atoms with Gasteiger partial charge in [-0.3, -0.25) is 0 Å². The number of piperidine rings is 1. The van der Waals surface area contributed by atoms with E-state index in [-0.39, 0.29) is 12.1 Å². The third kappa shape index (κ3) is 1.63. The Morgan fingerprint density at radius 3 is 2.83 bits per heavy atom. The number of nitrogens with one attached hydrogen (secondary N) is 2. The molecule has 0 radical (unpaired) electrons. The van der Waals surface area contributed by atoms with Gasteiger partial charge >= 0.3 is 0 Å². The normalized spacial score (nSPS) is 36.8. The second-order valence-corrected chi connectivity index (χ2v) is 3.62. The summed E-state index contributed by atoms with van der Waals surface area (Å²) >= 11 is 0. The maximum Gasteiger partial charge on any atom is 0.0616 e. The first-order valence-corrected chi connectivity index (χ1v) is 4.79. The zero-order chi connectivity index (χ0) is 9.03. The van der Waals surface area contributed by atoms with Crippen molar-refractivity contribution in [1.82, 2.24) is 10.6 Å². The fraction of sp³-hybridized carbons (Fsp3) is 1.00. The molecule has 0 bridgehead atoms. The molecule has 3 nitrogen and oxygen atoms in total. The zero-order valence-corrected chi connectivity index (χ0v) is 8.06. The summed E-state index contributed by atoms with van der Waals surface area (Å²) in [5.74, 6) is 0.557. The maximum absolute atomic E-state index is 9.35. The third-order valence-corrected chi connectivity index (χ3v) is 3.19. The lowest BCUT2D eigenvalue weighted by Crippen LogP contribution is -2.59. The smallest absolute Gasteiger partial charge is 0.0616 e. The summed E-state index contributed by atoms with van der Waals surface area (Å²) in [6.07, 6.45) is 2.15. The first-order valence-electron chi connectivity index (χ1n) is 4.79. The first-order chi connectivity index (χ1) is 5.79. The molecule has 3 N–H and O–H groups in total. The molecule has 0 amide bonds. The second-order valence-electron chi connectivity index (χ2n) is 3.62. The Hall–Kier alpha value is -0.120. The highest BCUT2D eigenvalue weighted by Crippen LogP contribution is 2.25. The minimum Gasteiger partial charge on any atom is -0.394 e. The van der Waals surface area contributed by atoms with Gasteiger partial charge in [-0.05, 0) is 32.5 Å². The number of likely N-dealkylation sites (N-methyl/N-ethyl adjacent to an activating group) is 1. The van der Waals surface area contributed by atoms with E-state index in [9.17, 15) is 5.11 Å². The van der Waals surface area contributed by atoms with Gasteiger partial charge in [0, 0.05) is 5.54 Å². The fourth-order valence-electron chi connectivity index (χ4n) is 2.14. The van der Waals surface area contributed by atoms with Crippen molar-refractivity contribution in [1.29, 1.82) is 0 Å². The maximum atomic E-state index is 9.35. The van der Waals surface area contributed by atoms with Crippen molar-refractivity contribution in [2.75, 3.05) is 26.7 Å². The van der Waals surface area contributed by atoms with Gasteiger partial charge in [-0.1, -0.05) is 13.3 Å². The molecule has 0 aromatic heterocycles. The highest BCUT2D eigenvalue weighted by atomic mass is 16.3.